The minimum Gasteiger partial charge on any atom is -0.490 e. The first kappa shape index (κ1) is 22.1. The molecule has 0 aliphatic heterocycles. The van der Waals surface area contributed by atoms with Crippen molar-refractivity contribution in [2.45, 2.75) is 38.0 Å². The van der Waals surface area contributed by atoms with Gasteiger partial charge in [-0.25, -0.2) is 8.42 Å². The van der Waals surface area contributed by atoms with Crippen molar-refractivity contribution in [3.63, 3.8) is 0 Å². The van der Waals surface area contributed by atoms with Crippen molar-refractivity contribution >= 4 is 21.6 Å². The highest BCUT2D eigenvalue weighted by molar-refractivity contribution is 7.89. The number of carbonyl (C=O) groups excluding carboxylic acids is 1. The van der Waals surface area contributed by atoms with Crippen molar-refractivity contribution in [2.24, 2.45) is 0 Å². The van der Waals surface area contributed by atoms with Crippen LogP contribution in [0.2, 0.25) is 0 Å². The predicted molar refractivity (Wildman–Crippen MR) is 116 cm³/mol. The third-order valence-corrected chi connectivity index (χ3v) is 6.77. The monoisotopic (exact) mass is 432 g/mol. The molecule has 1 aliphatic rings. The topological polar surface area (TPSA) is 84.9 Å². The van der Waals surface area contributed by atoms with E-state index in [-0.39, 0.29) is 11.4 Å². The van der Waals surface area contributed by atoms with Crippen LogP contribution < -0.4 is 14.8 Å². The van der Waals surface area contributed by atoms with Gasteiger partial charge < -0.3 is 14.8 Å². The van der Waals surface area contributed by atoms with E-state index in [1.165, 1.54) is 12.6 Å². The molecule has 0 spiro atoms. The zero-order chi connectivity index (χ0) is 21.7. The molecule has 7 nitrogen and oxygen atoms in total. The Bertz CT molecular complexity index is 1020. The fourth-order valence-electron chi connectivity index (χ4n) is 3.51. The molecule has 0 saturated carbocycles. The molecule has 3 rings (SSSR count). The second-order valence-electron chi connectivity index (χ2n) is 7.12. The zero-order valence-corrected chi connectivity index (χ0v) is 18.4. The second kappa shape index (κ2) is 9.49. The second-order valence-corrected chi connectivity index (χ2v) is 9.17. The molecule has 0 bridgehead atoms. The van der Waals surface area contributed by atoms with Crippen LogP contribution in [0.4, 0.5) is 5.69 Å². The summed E-state index contributed by atoms with van der Waals surface area (Å²) < 4.78 is 37.9. The number of nitrogens with one attached hydrogen (secondary N) is 1. The van der Waals surface area contributed by atoms with Gasteiger partial charge in [0.2, 0.25) is 15.9 Å². The summed E-state index contributed by atoms with van der Waals surface area (Å²) in [5, 5.41) is 2.73. The van der Waals surface area contributed by atoms with Gasteiger partial charge in [0.05, 0.1) is 24.7 Å². The fraction of sp³-hybridized carbons (Fsp3) is 0.409. The van der Waals surface area contributed by atoms with Crippen LogP contribution in [0.5, 0.6) is 11.5 Å². The summed E-state index contributed by atoms with van der Waals surface area (Å²) >= 11 is 0. The van der Waals surface area contributed by atoms with Crippen LogP contribution in [0.25, 0.3) is 0 Å². The molecule has 0 saturated heterocycles. The number of likely N-dealkylation sites (N-methyl/N-ethyl adjacent to an activating group) is 1. The minimum absolute atomic E-state index is 0.221. The van der Waals surface area contributed by atoms with E-state index >= 15 is 0 Å². The van der Waals surface area contributed by atoms with Gasteiger partial charge >= 0.3 is 0 Å². The van der Waals surface area contributed by atoms with Crippen molar-refractivity contribution in [1.82, 2.24) is 4.31 Å². The Morgan fingerprint density at radius 3 is 2.43 bits per heavy atom. The molecule has 1 N–H and O–H groups in total. The molecule has 0 radical (unpaired) electrons. The van der Waals surface area contributed by atoms with Crippen LogP contribution in [-0.2, 0) is 27.7 Å². The maximum Gasteiger partial charge on any atom is 0.243 e. The number of nitrogens with zero attached hydrogens (tertiary/aromatic N) is 1. The Hall–Kier alpha value is -2.58. The van der Waals surface area contributed by atoms with Gasteiger partial charge in [-0.3, -0.25) is 4.79 Å². The van der Waals surface area contributed by atoms with Gasteiger partial charge in [-0.15, -0.1) is 0 Å². The van der Waals surface area contributed by atoms with E-state index in [9.17, 15) is 13.2 Å². The van der Waals surface area contributed by atoms with E-state index in [4.69, 9.17) is 9.47 Å². The van der Waals surface area contributed by atoms with E-state index in [0.717, 1.165) is 29.1 Å². The molecule has 30 heavy (non-hydrogen) atoms. The summed E-state index contributed by atoms with van der Waals surface area (Å²) in [7, 11) is -2.34. The predicted octanol–water partition coefficient (Wildman–Crippen LogP) is 3.23. The van der Waals surface area contributed by atoms with E-state index < -0.39 is 15.9 Å². The van der Waals surface area contributed by atoms with Gasteiger partial charge in [0, 0.05) is 18.8 Å². The van der Waals surface area contributed by atoms with Gasteiger partial charge in [0.15, 0.2) is 11.5 Å². The van der Waals surface area contributed by atoms with Crippen molar-refractivity contribution in [1.29, 1.82) is 0 Å². The summed E-state index contributed by atoms with van der Waals surface area (Å²) in [5.74, 6) is 0.679. The summed E-state index contributed by atoms with van der Waals surface area (Å²) in [6.07, 6.45) is 2.92. The van der Waals surface area contributed by atoms with Crippen LogP contribution in [0.3, 0.4) is 0 Å². The van der Waals surface area contributed by atoms with E-state index in [1.807, 2.05) is 19.9 Å². The molecule has 162 valence electrons. The molecule has 0 aromatic heterocycles. The SMILES string of the molecule is CCOc1ccc(NC(=O)CN(C)S(=O)(=O)c2ccc3c(c2)CCC3)cc1OCC. The normalized spacial score (nSPS) is 13.2. The molecule has 0 fully saturated rings. The van der Waals surface area contributed by atoms with Crippen molar-refractivity contribution in [2.75, 3.05) is 32.1 Å². The van der Waals surface area contributed by atoms with Gasteiger partial charge in [-0.05, 0) is 68.5 Å². The Kier molecular flexibility index (Phi) is 6.99. The highest BCUT2D eigenvalue weighted by Crippen LogP contribution is 2.31. The van der Waals surface area contributed by atoms with E-state index in [0.29, 0.717) is 30.4 Å². The number of amides is 1. The number of carbonyl (C=O) groups is 1. The summed E-state index contributed by atoms with van der Waals surface area (Å²) in [5.41, 5.74) is 2.79. The van der Waals surface area contributed by atoms with Gasteiger partial charge in [-0.1, -0.05) is 6.07 Å². The molecule has 1 amide bonds. The lowest BCUT2D eigenvalue weighted by Gasteiger charge is -2.18. The minimum atomic E-state index is -3.75. The summed E-state index contributed by atoms with van der Waals surface area (Å²) in [4.78, 5) is 12.7. The molecular formula is C22H28N2O5S. The first-order valence-electron chi connectivity index (χ1n) is 10.1. The molecule has 1 aliphatic carbocycles. The number of rotatable bonds is 9. The van der Waals surface area contributed by atoms with Crippen molar-refractivity contribution in [3.8, 4) is 11.5 Å². The Morgan fingerprint density at radius 2 is 1.70 bits per heavy atom. The number of fused-ring (bicyclic) bond motifs is 1. The first-order chi connectivity index (χ1) is 14.3. The highest BCUT2D eigenvalue weighted by atomic mass is 32.2. The average molecular weight is 433 g/mol. The molecule has 0 unspecified atom stereocenters. The van der Waals surface area contributed by atoms with Gasteiger partial charge in [0.1, 0.15) is 0 Å². The number of anilines is 1. The van der Waals surface area contributed by atoms with E-state index in [1.54, 1.807) is 30.3 Å². The number of benzene rings is 2. The van der Waals surface area contributed by atoms with Crippen LogP contribution in [0.15, 0.2) is 41.3 Å². The quantitative estimate of drug-likeness (QED) is 0.658. The zero-order valence-electron chi connectivity index (χ0n) is 17.6. The smallest absolute Gasteiger partial charge is 0.243 e. The number of hydrogen-bond donors (Lipinski definition) is 1. The summed E-state index contributed by atoms with van der Waals surface area (Å²) in [6.45, 7) is 4.40. The van der Waals surface area contributed by atoms with Crippen molar-refractivity contribution in [3.05, 3.63) is 47.5 Å². The molecule has 0 atom stereocenters. The lowest BCUT2D eigenvalue weighted by Crippen LogP contribution is -2.35. The van der Waals surface area contributed by atoms with Crippen LogP contribution in [-0.4, -0.2) is 45.4 Å². The van der Waals surface area contributed by atoms with E-state index in [2.05, 4.69) is 5.32 Å². The lowest BCUT2D eigenvalue weighted by molar-refractivity contribution is -0.116. The Labute approximate surface area is 178 Å². The average Bonchev–Trinajstić information content (AvgIpc) is 3.18. The highest BCUT2D eigenvalue weighted by Gasteiger charge is 2.25. The fourth-order valence-corrected chi connectivity index (χ4v) is 4.68. The molecule has 2 aromatic rings. The largest absolute Gasteiger partial charge is 0.490 e. The Balaban J connectivity index is 1.68. The van der Waals surface area contributed by atoms with Gasteiger partial charge in [-0.2, -0.15) is 4.31 Å². The first-order valence-corrected chi connectivity index (χ1v) is 11.6. The standard InChI is InChI=1S/C22H28N2O5S/c1-4-28-20-12-10-18(14-21(20)29-5-2)23-22(25)15-24(3)30(26,27)19-11-9-16-7-6-8-17(16)13-19/h9-14H,4-8,15H2,1-3H3,(H,23,25). The Morgan fingerprint density at radius 1 is 1.00 bits per heavy atom. The van der Waals surface area contributed by atoms with Crippen LogP contribution >= 0.6 is 0 Å². The maximum atomic E-state index is 12.9. The molecule has 2 aromatic carbocycles. The summed E-state index contributed by atoms with van der Waals surface area (Å²) in [6, 6.07) is 10.3. The van der Waals surface area contributed by atoms with Crippen LogP contribution in [0, 0.1) is 0 Å². The molecule has 0 heterocycles. The van der Waals surface area contributed by atoms with Crippen molar-refractivity contribution < 1.29 is 22.7 Å². The third kappa shape index (κ3) is 4.94. The number of sulfonamides is 1. The lowest BCUT2D eigenvalue weighted by atomic mass is 10.1. The molecular weight excluding hydrogens is 404 g/mol. The number of ether oxygens (including phenoxy) is 2. The van der Waals surface area contributed by atoms with Gasteiger partial charge in [0.25, 0.3) is 0 Å². The maximum absolute atomic E-state index is 12.9. The molecule has 8 heteroatoms. The number of aryl methyl sites for hydroxylation is 2. The van der Waals surface area contributed by atoms with Crippen LogP contribution in [0.1, 0.15) is 31.4 Å². The third-order valence-electron chi connectivity index (χ3n) is 4.97. The number of hydrogen-bond acceptors (Lipinski definition) is 5.